The third-order valence-electron chi connectivity index (χ3n) is 6.11. The fourth-order valence-electron chi connectivity index (χ4n) is 4.18. The molecule has 0 aliphatic carbocycles. The Morgan fingerprint density at radius 1 is 1.12 bits per heavy atom. The molecule has 5 rings (SSSR count). The van der Waals surface area contributed by atoms with E-state index in [1.807, 2.05) is 60.3 Å². The lowest BCUT2D eigenvalue weighted by Gasteiger charge is -2.14. The first-order chi connectivity index (χ1) is 16.4. The number of carbonyl (C=O) groups is 1. The highest BCUT2D eigenvalue weighted by Gasteiger charge is 2.31. The van der Waals surface area contributed by atoms with Crippen LogP contribution in [-0.4, -0.2) is 37.5 Å². The number of aryl methyl sites for hydroxylation is 3. The maximum Gasteiger partial charge on any atom is 0.221 e. The number of hydrogen-bond donors (Lipinski definition) is 1. The second kappa shape index (κ2) is 9.19. The lowest BCUT2D eigenvalue weighted by Crippen LogP contribution is -2.29. The number of hydrogen-bond acceptors (Lipinski definition) is 5. The van der Waals surface area contributed by atoms with Crippen molar-refractivity contribution in [1.82, 2.24) is 24.6 Å². The van der Waals surface area contributed by atoms with Gasteiger partial charge in [-0.3, -0.25) is 14.4 Å². The standard InChI is InChI=1S/C25H25ClN6OS/c1-15-16(2)34-25-22(15)23(18-6-8-19(26)9-7-18)28-20(24-30-29-17(3)32(24)25)14-27-21(33)10-13-31-11-4-5-12-31/h4-9,11-12,20H,10,13-14H2,1-3H3,(H,27,33)/t20-/m0/s1. The van der Waals surface area contributed by atoms with Gasteiger partial charge in [-0.15, -0.1) is 21.5 Å². The molecular formula is C25H25ClN6OS. The van der Waals surface area contributed by atoms with E-state index in [1.165, 1.54) is 10.4 Å². The van der Waals surface area contributed by atoms with Crippen molar-refractivity contribution in [3.05, 3.63) is 87.0 Å². The number of carbonyl (C=O) groups excluding carboxylic acids is 1. The summed E-state index contributed by atoms with van der Waals surface area (Å²) in [5.41, 5.74) is 4.12. The molecule has 0 saturated carbocycles. The van der Waals surface area contributed by atoms with Gasteiger partial charge in [0.15, 0.2) is 5.82 Å². The predicted octanol–water partition coefficient (Wildman–Crippen LogP) is 4.81. The summed E-state index contributed by atoms with van der Waals surface area (Å²) in [6.45, 7) is 7.17. The van der Waals surface area contributed by atoms with Crippen LogP contribution < -0.4 is 5.32 Å². The molecule has 3 aromatic heterocycles. The SMILES string of the molecule is Cc1sc2c(c1C)C(c1ccc(Cl)cc1)=N[C@@H](CNC(=O)CCn1cccc1)c1nnc(C)n1-2. The molecule has 9 heteroatoms. The summed E-state index contributed by atoms with van der Waals surface area (Å²) in [6, 6.07) is 11.3. The van der Waals surface area contributed by atoms with Crippen LogP contribution in [0.4, 0.5) is 0 Å². The first kappa shape index (κ1) is 22.6. The van der Waals surface area contributed by atoms with Crippen LogP contribution in [0, 0.1) is 20.8 Å². The lowest BCUT2D eigenvalue weighted by molar-refractivity contribution is -0.121. The highest BCUT2D eigenvalue weighted by Crippen LogP contribution is 2.38. The average Bonchev–Trinajstić information content (AvgIpc) is 3.52. The van der Waals surface area contributed by atoms with Crippen molar-refractivity contribution < 1.29 is 4.79 Å². The fraction of sp³-hybridized carbons (Fsp3) is 0.280. The Balaban J connectivity index is 1.51. The van der Waals surface area contributed by atoms with E-state index in [-0.39, 0.29) is 11.9 Å². The van der Waals surface area contributed by atoms with Gasteiger partial charge < -0.3 is 9.88 Å². The van der Waals surface area contributed by atoms with Gasteiger partial charge in [-0.1, -0.05) is 23.7 Å². The number of thiophene rings is 1. The largest absolute Gasteiger partial charge is 0.354 e. The Bertz CT molecular complexity index is 1370. The van der Waals surface area contributed by atoms with Gasteiger partial charge >= 0.3 is 0 Å². The summed E-state index contributed by atoms with van der Waals surface area (Å²) in [4.78, 5) is 19.0. The monoisotopic (exact) mass is 492 g/mol. The quantitative estimate of drug-likeness (QED) is 0.419. The molecule has 1 N–H and O–H groups in total. The summed E-state index contributed by atoms with van der Waals surface area (Å²) in [5, 5.41) is 13.6. The second-order valence-corrected chi connectivity index (χ2v) is 10.0. The lowest BCUT2D eigenvalue weighted by atomic mass is 10.00. The third-order valence-corrected chi connectivity index (χ3v) is 7.56. The number of nitrogens with one attached hydrogen (secondary N) is 1. The third kappa shape index (κ3) is 4.19. The van der Waals surface area contributed by atoms with Crippen molar-refractivity contribution in [3.63, 3.8) is 0 Å². The average molecular weight is 493 g/mol. The first-order valence-electron chi connectivity index (χ1n) is 11.2. The van der Waals surface area contributed by atoms with E-state index >= 15 is 0 Å². The van der Waals surface area contributed by atoms with Gasteiger partial charge in [0, 0.05) is 52.9 Å². The van der Waals surface area contributed by atoms with Crippen molar-refractivity contribution in [3.8, 4) is 5.00 Å². The van der Waals surface area contributed by atoms with E-state index in [1.54, 1.807) is 11.3 Å². The van der Waals surface area contributed by atoms with Gasteiger partial charge in [0.1, 0.15) is 16.9 Å². The highest BCUT2D eigenvalue weighted by molar-refractivity contribution is 7.15. The van der Waals surface area contributed by atoms with E-state index in [9.17, 15) is 4.79 Å². The van der Waals surface area contributed by atoms with E-state index in [2.05, 4.69) is 33.9 Å². The second-order valence-electron chi connectivity index (χ2n) is 8.38. The minimum atomic E-state index is -0.373. The number of amides is 1. The fourth-order valence-corrected chi connectivity index (χ4v) is 5.52. The minimum absolute atomic E-state index is 0.0224. The number of nitrogens with zero attached hydrogens (tertiary/aromatic N) is 5. The smallest absolute Gasteiger partial charge is 0.221 e. The molecule has 34 heavy (non-hydrogen) atoms. The Labute approximate surface area is 207 Å². The molecule has 1 amide bonds. The molecule has 0 fully saturated rings. The molecule has 174 valence electrons. The van der Waals surface area contributed by atoms with Crippen LogP contribution in [0.5, 0.6) is 0 Å². The van der Waals surface area contributed by atoms with Crippen molar-refractivity contribution in [2.75, 3.05) is 6.54 Å². The van der Waals surface area contributed by atoms with Gasteiger partial charge in [0.05, 0.1) is 5.71 Å². The zero-order valence-electron chi connectivity index (χ0n) is 19.2. The first-order valence-corrected chi connectivity index (χ1v) is 12.4. The number of aliphatic imine (C=N–C) groups is 1. The summed E-state index contributed by atoms with van der Waals surface area (Å²) in [5.74, 6) is 1.51. The maximum atomic E-state index is 12.6. The number of aromatic nitrogens is 4. The van der Waals surface area contributed by atoms with Crippen molar-refractivity contribution in [1.29, 1.82) is 0 Å². The Morgan fingerprint density at radius 3 is 2.59 bits per heavy atom. The topological polar surface area (TPSA) is 77.1 Å². The Hall–Kier alpha value is -3.23. The molecule has 1 aliphatic rings. The van der Waals surface area contributed by atoms with Gasteiger partial charge in [-0.2, -0.15) is 0 Å². The molecular weight excluding hydrogens is 468 g/mol. The number of benzene rings is 1. The van der Waals surface area contributed by atoms with Gasteiger partial charge in [-0.25, -0.2) is 0 Å². The number of rotatable bonds is 6. The molecule has 0 saturated heterocycles. The van der Waals surface area contributed by atoms with Crippen molar-refractivity contribution in [2.45, 2.75) is 39.8 Å². The molecule has 1 aliphatic heterocycles. The normalized spacial score (nSPS) is 14.8. The zero-order chi connectivity index (χ0) is 23.8. The van der Waals surface area contributed by atoms with E-state index in [4.69, 9.17) is 16.6 Å². The van der Waals surface area contributed by atoms with Crippen LogP contribution >= 0.6 is 22.9 Å². The van der Waals surface area contributed by atoms with Crippen LogP contribution in [-0.2, 0) is 11.3 Å². The number of halogens is 1. The molecule has 0 unspecified atom stereocenters. The summed E-state index contributed by atoms with van der Waals surface area (Å²) in [6.07, 6.45) is 4.30. The van der Waals surface area contributed by atoms with Crippen molar-refractivity contribution in [2.24, 2.45) is 4.99 Å². The summed E-state index contributed by atoms with van der Waals surface area (Å²) in [7, 11) is 0. The Morgan fingerprint density at radius 2 is 1.85 bits per heavy atom. The molecule has 4 aromatic rings. The maximum absolute atomic E-state index is 12.6. The van der Waals surface area contributed by atoms with E-state index in [0.29, 0.717) is 24.5 Å². The van der Waals surface area contributed by atoms with Crippen LogP contribution in [0.2, 0.25) is 5.02 Å². The van der Waals surface area contributed by atoms with Gasteiger partial charge in [-0.05, 0) is 50.6 Å². The van der Waals surface area contributed by atoms with Crippen LogP contribution in [0.3, 0.4) is 0 Å². The Kier molecular flexibility index (Phi) is 6.10. The van der Waals surface area contributed by atoms with Gasteiger partial charge in [0.2, 0.25) is 5.91 Å². The molecule has 4 heterocycles. The molecule has 0 radical (unpaired) electrons. The van der Waals surface area contributed by atoms with Crippen LogP contribution in [0.25, 0.3) is 5.00 Å². The van der Waals surface area contributed by atoms with Gasteiger partial charge in [0.25, 0.3) is 0 Å². The molecule has 1 atom stereocenters. The van der Waals surface area contributed by atoms with Crippen LogP contribution in [0.15, 0.2) is 53.8 Å². The van der Waals surface area contributed by atoms with E-state index in [0.717, 1.165) is 33.5 Å². The minimum Gasteiger partial charge on any atom is -0.354 e. The summed E-state index contributed by atoms with van der Waals surface area (Å²) < 4.78 is 4.08. The summed E-state index contributed by atoms with van der Waals surface area (Å²) >= 11 is 7.88. The molecule has 0 bridgehead atoms. The van der Waals surface area contributed by atoms with Crippen LogP contribution in [0.1, 0.15) is 45.7 Å². The van der Waals surface area contributed by atoms with Crippen molar-refractivity contribution >= 4 is 34.6 Å². The highest BCUT2D eigenvalue weighted by atomic mass is 35.5. The molecule has 0 spiro atoms. The zero-order valence-corrected chi connectivity index (χ0v) is 20.8. The number of fused-ring (bicyclic) bond motifs is 3. The van der Waals surface area contributed by atoms with E-state index < -0.39 is 0 Å². The molecule has 1 aromatic carbocycles. The predicted molar refractivity (Wildman–Crippen MR) is 135 cm³/mol. The molecule has 7 nitrogen and oxygen atoms in total.